The van der Waals surface area contributed by atoms with Crippen LogP contribution in [0, 0.1) is 0 Å². The lowest BCUT2D eigenvalue weighted by molar-refractivity contribution is -0.00872. The second kappa shape index (κ2) is 6.46. The van der Waals surface area contributed by atoms with Crippen molar-refractivity contribution in [2.24, 2.45) is 0 Å². The van der Waals surface area contributed by atoms with Gasteiger partial charge in [-0.2, -0.15) is 0 Å². The molecular weight excluding hydrogens is 350 g/mol. The van der Waals surface area contributed by atoms with Crippen LogP contribution in [0.5, 0.6) is 5.75 Å². The molecule has 22 heavy (non-hydrogen) atoms. The van der Waals surface area contributed by atoms with Gasteiger partial charge >= 0.3 is 6.09 Å². The topological polar surface area (TPSA) is 70.0 Å². The average molecular weight is 372 g/mol. The van der Waals surface area contributed by atoms with Crippen molar-refractivity contribution < 1.29 is 19.7 Å². The highest BCUT2D eigenvalue weighted by molar-refractivity contribution is 9.10. The summed E-state index contributed by atoms with van der Waals surface area (Å²) in [7, 11) is 0. The Morgan fingerprint density at radius 1 is 1.41 bits per heavy atom. The van der Waals surface area contributed by atoms with E-state index in [9.17, 15) is 15.0 Å². The van der Waals surface area contributed by atoms with Crippen molar-refractivity contribution in [3.05, 3.63) is 28.2 Å². The molecule has 2 rings (SSSR count). The van der Waals surface area contributed by atoms with Crippen molar-refractivity contribution in [2.45, 2.75) is 51.4 Å². The van der Waals surface area contributed by atoms with E-state index in [1.165, 1.54) is 0 Å². The molecule has 1 aromatic carbocycles. The smallest absolute Gasteiger partial charge is 0.410 e. The van der Waals surface area contributed by atoms with E-state index in [2.05, 4.69) is 15.9 Å². The number of aliphatic hydroxyl groups excluding tert-OH is 1. The second-order valence-corrected chi connectivity index (χ2v) is 7.49. The highest BCUT2D eigenvalue weighted by atomic mass is 79.9. The van der Waals surface area contributed by atoms with Crippen molar-refractivity contribution in [1.29, 1.82) is 0 Å². The molecule has 122 valence electrons. The maximum Gasteiger partial charge on any atom is 0.410 e. The van der Waals surface area contributed by atoms with Crippen LogP contribution in [0.25, 0.3) is 0 Å². The van der Waals surface area contributed by atoms with Crippen molar-refractivity contribution in [1.82, 2.24) is 4.90 Å². The second-order valence-electron chi connectivity index (χ2n) is 6.57. The molecule has 0 saturated carbocycles. The normalized spacial score (nSPS) is 22.5. The first-order chi connectivity index (χ1) is 10.2. The summed E-state index contributed by atoms with van der Waals surface area (Å²) in [5, 5.41) is 20.1. The Kier molecular flexibility index (Phi) is 5.02. The summed E-state index contributed by atoms with van der Waals surface area (Å²) >= 11 is 3.30. The number of halogens is 1. The number of phenolic OH excluding ortho intramolecular Hbond substituents is 1. The summed E-state index contributed by atoms with van der Waals surface area (Å²) < 4.78 is 6.20. The third-order valence-corrected chi connectivity index (χ3v) is 4.05. The molecule has 2 atom stereocenters. The summed E-state index contributed by atoms with van der Waals surface area (Å²) in [5.41, 5.74) is 0.0345. The van der Waals surface area contributed by atoms with E-state index >= 15 is 0 Å². The number of hydrogen-bond donors (Lipinski definition) is 2. The summed E-state index contributed by atoms with van der Waals surface area (Å²) in [6.07, 6.45) is -0.0278. The standard InChI is InChI=1S/C16H22BrNO4/c1-16(2,3)22-15(21)18-7-6-11(19)9-13(18)12-5-4-10(17)8-14(12)20/h4-5,8,11,13,19-20H,6-7,9H2,1-3H3/t11?,13-/m0/s1. The van der Waals surface area contributed by atoms with Crippen molar-refractivity contribution in [2.75, 3.05) is 6.54 Å². The van der Waals surface area contributed by atoms with Gasteiger partial charge in [0.1, 0.15) is 11.4 Å². The van der Waals surface area contributed by atoms with Crippen molar-refractivity contribution >= 4 is 22.0 Å². The number of nitrogens with zero attached hydrogens (tertiary/aromatic N) is 1. The fraction of sp³-hybridized carbons (Fsp3) is 0.562. The van der Waals surface area contributed by atoms with Crippen LogP contribution in [0.2, 0.25) is 0 Å². The Morgan fingerprint density at radius 2 is 2.09 bits per heavy atom. The van der Waals surface area contributed by atoms with Gasteiger partial charge in [-0.3, -0.25) is 0 Å². The maximum absolute atomic E-state index is 12.4. The molecular formula is C16H22BrNO4. The molecule has 1 unspecified atom stereocenters. The molecule has 1 aromatic rings. The van der Waals surface area contributed by atoms with Gasteiger partial charge in [-0.1, -0.05) is 22.0 Å². The zero-order valence-electron chi connectivity index (χ0n) is 13.0. The molecule has 1 heterocycles. The van der Waals surface area contributed by atoms with E-state index in [4.69, 9.17) is 4.74 Å². The Bertz CT molecular complexity index is 556. The summed E-state index contributed by atoms with van der Waals surface area (Å²) in [6.45, 7) is 5.84. The lowest BCUT2D eigenvalue weighted by Gasteiger charge is -2.39. The molecule has 0 bridgehead atoms. The number of aliphatic hydroxyl groups is 1. The first kappa shape index (κ1) is 17.1. The number of ether oxygens (including phenoxy) is 1. The highest BCUT2D eigenvalue weighted by Crippen LogP contribution is 2.37. The van der Waals surface area contributed by atoms with E-state index < -0.39 is 23.8 Å². The molecule has 5 nitrogen and oxygen atoms in total. The number of piperidine rings is 1. The Morgan fingerprint density at radius 3 is 2.68 bits per heavy atom. The van der Waals surface area contributed by atoms with Gasteiger partial charge in [0.05, 0.1) is 12.1 Å². The summed E-state index contributed by atoms with van der Waals surface area (Å²) in [4.78, 5) is 14.0. The Balaban J connectivity index is 2.29. The van der Waals surface area contributed by atoms with Crippen LogP contribution in [0.1, 0.15) is 45.2 Å². The van der Waals surface area contributed by atoms with Crippen LogP contribution in [-0.4, -0.2) is 39.5 Å². The lowest BCUT2D eigenvalue weighted by atomic mass is 9.93. The highest BCUT2D eigenvalue weighted by Gasteiger charge is 2.35. The van der Waals surface area contributed by atoms with Gasteiger partial charge in [-0.05, 0) is 45.7 Å². The number of amides is 1. The Labute approximate surface area is 139 Å². The largest absolute Gasteiger partial charge is 0.508 e. The Hall–Kier alpha value is -1.27. The molecule has 1 fully saturated rings. The first-order valence-electron chi connectivity index (χ1n) is 7.33. The number of likely N-dealkylation sites (tertiary alicyclic amines) is 1. The number of carbonyl (C=O) groups is 1. The van der Waals surface area contributed by atoms with Gasteiger partial charge in [0.25, 0.3) is 0 Å². The van der Waals surface area contributed by atoms with E-state index in [1.54, 1.807) is 17.0 Å². The van der Waals surface area contributed by atoms with Crippen LogP contribution in [0.15, 0.2) is 22.7 Å². The van der Waals surface area contributed by atoms with Gasteiger partial charge in [0.15, 0.2) is 0 Å². The lowest BCUT2D eigenvalue weighted by Crippen LogP contribution is -2.45. The molecule has 1 amide bonds. The number of rotatable bonds is 1. The third-order valence-electron chi connectivity index (χ3n) is 3.55. The summed E-state index contributed by atoms with van der Waals surface area (Å²) in [6, 6.07) is 4.76. The molecule has 2 N–H and O–H groups in total. The van der Waals surface area contributed by atoms with Gasteiger partial charge in [0.2, 0.25) is 0 Å². The van der Waals surface area contributed by atoms with Crippen molar-refractivity contribution in [3.63, 3.8) is 0 Å². The van der Waals surface area contributed by atoms with Crippen LogP contribution >= 0.6 is 15.9 Å². The predicted octanol–water partition coefficient (Wildman–Crippen LogP) is 3.59. The predicted molar refractivity (Wildman–Crippen MR) is 86.7 cm³/mol. The van der Waals surface area contributed by atoms with Crippen LogP contribution in [-0.2, 0) is 4.74 Å². The minimum Gasteiger partial charge on any atom is -0.508 e. The van der Waals surface area contributed by atoms with Crippen molar-refractivity contribution in [3.8, 4) is 5.75 Å². The molecule has 1 aliphatic heterocycles. The van der Waals surface area contributed by atoms with Gasteiger partial charge < -0.3 is 19.8 Å². The molecule has 0 aromatic heterocycles. The van der Waals surface area contributed by atoms with E-state index in [1.807, 2.05) is 26.8 Å². The average Bonchev–Trinajstić information content (AvgIpc) is 2.36. The number of phenols is 1. The molecule has 1 aliphatic rings. The maximum atomic E-state index is 12.4. The molecule has 6 heteroatoms. The van der Waals surface area contributed by atoms with E-state index in [0.717, 1.165) is 4.47 Å². The molecule has 0 radical (unpaired) electrons. The van der Waals surface area contributed by atoms with Crippen LogP contribution in [0.3, 0.4) is 0 Å². The number of carbonyl (C=O) groups excluding carboxylic acids is 1. The number of hydrogen-bond acceptors (Lipinski definition) is 4. The van der Waals surface area contributed by atoms with E-state index in [-0.39, 0.29) is 5.75 Å². The zero-order valence-corrected chi connectivity index (χ0v) is 14.6. The number of aromatic hydroxyl groups is 1. The minimum atomic E-state index is -0.584. The summed E-state index contributed by atoms with van der Waals surface area (Å²) in [5.74, 6) is 0.0991. The van der Waals surface area contributed by atoms with E-state index in [0.29, 0.717) is 24.9 Å². The van der Waals surface area contributed by atoms with Gasteiger partial charge in [-0.25, -0.2) is 4.79 Å². The molecule has 0 spiro atoms. The van der Waals surface area contributed by atoms with Gasteiger partial charge in [0, 0.05) is 16.6 Å². The van der Waals surface area contributed by atoms with Crippen LogP contribution in [0.4, 0.5) is 4.79 Å². The fourth-order valence-electron chi connectivity index (χ4n) is 2.58. The monoisotopic (exact) mass is 371 g/mol. The molecule has 0 aliphatic carbocycles. The minimum absolute atomic E-state index is 0.0991. The zero-order chi connectivity index (χ0) is 16.5. The molecule has 1 saturated heterocycles. The first-order valence-corrected chi connectivity index (χ1v) is 8.13. The fourth-order valence-corrected chi connectivity index (χ4v) is 2.93. The SMILES string of the molecule is CC(C)(C)OC(=O)N1CCC(O)C[C@H]1c1ccc(Br)cc1O. The third kappa shape index (κ3) is 4.14. The van der Waals surface area contributed by atoms with Crippen LogP contribution < -0.4 is 0 Å². The van der Waals surface area contributed by atoms with Gasteiger partial charge in [-0.15, -0.1) is 0 Å². The number of benzene rings is 1. The quantitative estimate of drug-likeness (QED) is 0.791.